The van der Waals surface area contributed by atoms with Crippen LogP contribution in [-0.4, -0.2) is 16.0 Å². The van der Waals surface area contributed by atoms with Crippen LogP contribution in [0.1, 0.15) is 57.1 Å². The van der Waals surface area contributed by atoms with E-state index in [1.54, 1.807) is 0 Å². The highest BCUT2D eigenvalue weighted by Gasteiger charge is 2.02. The fourth-order valence-electron chi connectivity index (χ4n) is 2.96. The summed E-state index contributed by atoms with van der Waals surface area (Å²) in [6.45, 7) is 3.12. The molecule has 2 nitrogen and oxygen atoms in total. The molecule has 0 amide bonds. The Morgan fingerprint density at radius 2 is 1.54 bits per heavy atom. The van der Waals surface area contributed by atoms with Crippen LogP contribution in [0.15, 0.2) is 30.3 Å². The Bertz CT molecular complexity index is 587. The smallest absolute Gasteiger partial charge is 0.0725 e. The van der Waals surface area contributed by atoms with Crippen molar-refractivity contribution in [2.75, 3.05) is 16.3 Å². The van der Waals surface area contributed by atoms with E-state index >= 15 is 0 Å². The lowest BCUT2D eigenvalue weighted by atomic mass is 10.1. The number of halogens is 2. The van der Waals surface area contributed by atoms with Crippen molar-refractivity contribution in [2.45, 2.75) is 58.3 Å². The van der Waals surface area contributed by atoms with Crippen molar-refractivity contribution in [3.63, 3.8) is 0 Å². The predicted molar refractivity (Wildman–Crippen MR) is 126 cm³/mol. The molecular formula is C20H30I2N2. The van der Waals surface area contributed by atoms with Gasteiger partial charge < -0.3 is 5.32 Å². The van der Waals surface area contributed by atoms with Crippen molar-refractivity contribution in [1.29, 1.82) is 0 Å². The van der Waals surface area contributed by atoms with E-state index in [1.807, 2.05) is 0 Å². The number of aryl methyl sites for hydroxylation is 1. The number of unbranched alkanes of at least 4 members (excludes halogenated alkanes) is 7. The lowest BCUT2D eigenvalue weighted by molar-refractivity contribution is 0.583. The van der Waals surface area contributed by atoms with Crippen LogP contribution in [0.3, 0.4) is 0 Å². The van der Waals surface area contributed by atoms with Gasteiger partial charge in [-0.2, -0.15) is 0 Å². The van der Waals surface area contributed by atoms with Gasteiger partial charge in [0, 0.05) is 23.3 Å². The van der Waals surface area contributed by atoms with Gasteiger partial charge >= 0.3 is 0 Å². The van der Waals surface area contributed by atoms with E-state index in [2.05, 4.69) is 70.1 Å². The van der Waals surface area contributed by atoms with Crippen LogP contribution in [0.2, 0.25) is 0 Å². The zero-order valence-corrected chi connectivity index (χ0v) is 19.2. The molecule has 0 spiro atoms. The van der Waals surface area contributed by atoms with Gasteiger partial charge in [-0.15, -0.1) is 24.0 Å². The van der Waals surface area contributed by atoms with Crippen molar-refractivity contribution in [3.05, 3.63) is 36.0 Å². The van der Waals surface area contributed by atoms with Gasteiger partial charge in [0.2, 0.25) is 0 Å². The van der Waals surface area contributed by atoms with Crippen LogP contribution in [-0.2, 0) is 0 Å². The monoisotopic (exact) mass is 552 g/mol. The molecule has 1 N–H and O–H groups in total. The number of nitrogens with one attached hydrogen (secondary N) is 1. The minimum Gasteiger partial charge on any atom is -0.384 e. The second-order valence-corrected chi connectivity index (χ2v) is 7.35. The molecule has 0 bridgehead atoms. The first-order valence-electron chi connectivity index (χ1n) is 8.97. The Morgan fingerprint density at radius 3 is 2.25 bits per heavy atom. The molecule has 0 saturated carbocycles. The second kappa shape index (κ2) is 13.1. The summed E-state index contributed by atoms with van der Waals surface area (Å²) in [4.78, 5) is 4.60. The highest BCUT2D eigenvalue weighted by molar-refractivity contribution is 14.1. The molecule has 24 heavy (non-hydrogen) atoms. The number of nitrogens with zero attached hydrogens (tertiary/aromatic N) is 1. The fraction of sp³-hybridized carbons (Fsp3) is 0.550. The van der Waals surface area contributed by atoms with Crippen LogP contribution in [0.4, 0.5) is 5.69 Å². The first kappa shape index (κ1) is 21.9. The molecule has 134 valence electrons. The minimum absolute atomic E-state index is 0. The van der Waals surface area contributed by atoms with Gasteiger partial charge in [0.05, 0.1) is 5.52 Å². The van der Waals surface area contributed by atoms with E-state index in [9.17, 15) is 0 Å². The average Bonchev–Trinajstić information content (AvgIpc) is 2.56. The molecule has 0 unspecified atom stereocenters. The van der Waals surface area contributed by atoms with E-state index in [-0.39, 0.29) is 24.0 Å². The highest BCUT2D eigenvalue weighted by atomic mass is 127. The van der Waals surface area contributed by atoms with E-state index in [1.165, 1.54) is 66.9 Å². The number of anilines is 1. The summed E-state index contributed by atoms with van der Waals surface area (Å²) >= 11 is 2.47. The maximum absolute atomic E-state index is 4.60. The quantitative estimate of drug-likeness (QED) is 0.182. The van der Waals surface area contributed by atoms with E-state index in [0.29, 0.717) is 0 Å². The summed E-state index contributed by atoms with van der Waals surface area (Å²) in [6, 6.07) is 10.5. The number of alkyl halides is 1. The van der Waals surface area contributed by atoms with Gasteiger partial charge in [-0.05, 0) is 36.3 Å². The molecule has 0 saturated heterocycles. The van der Waals surface area contributed by atoms with E-state index in [4.69, 9.17) is 0 Å². The molecule has 1 aromatic heterocycles. The minimum atomic E-state index is 0. The number of benzene rings is 1. The van der Waals surface area contributed by atoms with Crippen LogP contribution in [0.25, 0.3) is 10.9 Å². The lowest BCUT2D eigenvalue weighted by Gasteiger charge is -2.10. The zero-order valence-electron chi connectivity index (χ0n) is 14.7. The summed E-state index contributed by atoms with van der Waals surface area (Å²) in [5, 5.41) is 4.84. The Labute approximate surface area is 177 Å². The zero-order chi connectivity index (χ0) is 16.3. The van der Waals surface area contributed by atoms with Gasteiger partial charge in [0.1, 0.15) is 0 Å². The first-order chi connectivity index (χ1) is 11.3. The van der Waals surface area contributed by atoms with Gasteiger partial charge in [-0.3, -0.25) is 4.98 Å². The maximum Gasteiger partial charge on any atom is 0.0725 e. The van der Waals surface area contributed by atoms with Crippen molar-refractivity contribution in [1.82, 2.24) is 4.98 Å². The summed E-state index contributed by atoms with van der Waals surface area (Å²) in [5.74, 6) is 0. The van der Waals surface area contributed by atoms with Crippen LogP contribution >= 0.6 is 46.6 Å². The molecule has 2 rings (SSSR count). The Hall–Kier alpha value is -0.110. The maximum atomic E-state index is 4.60. The molecule has 1 heterocycles. The number of aromatic nitrogens is 1. The molecule has 0 atom stereocenters. The topological polar surface area (TPSA) is 24.9 Å². The SMILES string of the molecule is Cc1cc(NCCCCCCCCCCI)c2ccccc2n1.I. The van der Waals surface area contributed by atoms with Crippen molar-refractivity contribution >= 4 is 63.2 Å². The summed E-state index contributed by atoms with van der Waals surface area (Å²) in [7, 11) is 0. The van der Waals surface area contributed by atoms with Gasteiger partial charge in [0.25, 0.3) is 0 Å². The largest absolute Gasteiger partial charge is 0.384 e. The average molecular weight is 552 g/mol. The Balaban J connectivity index is 0.00000288. The molecule has 0 aliphatic carbocycles. The summed E-state index contributed by atoms with van der Waals surface area (Å²) in [6.07, 6.45) is 11.0. The predicted octanol–water partition coefficient (Wildman–Crippen LogP) is 7.13. The number of fused-ring (bicyclic) bond motifs is 1. The lowest BCUT2D eigenvalue weighted by Crippen LogP contribution is -2.03. The number of rotatable bonds is 11. The molecule has 4 heteroatoms. The van der Waals surface area contributed by atoms with Gasteiger partial charge in [-0.1, -0.05) is 79.3 Å². The number of hydrogen-bond acceptors (Lipinski definition) is 2. The highest BCUT2D eigenvalue weighted by Crippen LogP contribution is 2.23. The number of pyridine rings is 1. The third-order valence-corrected chi connectivity index (χ3v) is 4.98. The van der Waals surface area contributed by atoms with E-state index < -0.39 is 0 Å². The van der Waals surface area contributed by atoms with Crippen LogP contribution in [0.5, 0.6) is 0 Å². The standard InChI is InChI=1S/C20H29IN2.HI/c1-17-16-20(18-12-8-9-13-19(18)23-17)22-15-11-7-5-3-2-4-6-10-14-21;/h8-9,12-13,16H,2-7,10-11,14-15H2,1H3,(H,22,23);1H. The molecule has 0 fully saturated rings. The van der Waals surface area contributed by atoms with Gasteiger partial charge in [-0.25, -0.2) is 0 Å². The normalized spacial score (nSPS) is 10.6. The fourth-order valence-corrected chi connectivity index (χ4v) is 3.50. The molecule has 1 aromatic carbocycles. The van der Waals surface area contributed by atoms with Crippen molar-refractivity contribution in [2.24, 2.45) is 0 Å². The Kier molecular flexibility index (Phi) is 12.0. The van der Waals surface area contributed by atoms with Crippen molar-refractivity contribution in [3.8, 4) is 0 Å². The first-order valence-corrected chi connectivity index (χ1v) is 10.5. The molecule has 0 radical (unpaired) electrons. The molecular weight excluding hydrogens is 522 g/mol. The third-order valence-electron chi connectivity index (χ3n) is 4.22. The van der Waals surface area contributed by atoms with Crippen LogP contribution < -0.4 is 5.32 Å². The molecule has 2 aromatic rings. The number of hydrogen-bond donors (Lipinski definition) is 1. The van der Waals surface area contributed by atoms with Gasteiger partial charge in [0.15, 0.2) is 0 Å². The second-order valence-electron chi connectivity index (χ2n) is 6.27. The molecule has 0 aliphatic rings. The van der Waals surface area contributed by atoms with Crippen LogP contribution in [0, 0.1) is 6.92 Å². The number of para-hydroxylation sites is 1. The summed E-state index contributed by atoms with van der Waals surface area (Å²) in [5.41, 5.74) is 3.39. The Morgan fingerprint density at radius 1 is 0.917 bits per heavy atom. The third kappa shape index (κ3) is 7.85. The van der Waals surface area contributed by atoms with E-state index in [0.717, 1.165) is 17.8 Å². The summed E-state index contributed by atoms with van der Waals surface area (Å²) < 4.78 is 1.31. The van der Waals surface area contributed by atoms with Crippen molar-refractivity contribution < 1.29 is 0 Å². The molecule has 0 aliphatic heterocycles.